The highest BCUT2D eigenvalue weighted by Crippen LogP contribution is 2.27. The summed E-state index contributed by atoms with van der Waals surface area (Å²) in [6.45, 7) is 3.16. The van der Waals surface area contributed by atoms with Crippen LogP contribution in [-0.4, -0.2) is 12.5 Å². The van der Waals surface area contributed by atoms with Gasteiger partial charge in [0.1, 0.15) is 0 Å². The second-order valence-corrected chi connectivity index (χ2v) is 6.49. The van der Waals surface area contributed by atoms with Crippen molar-refractivity contribution in [1.29, 1.82) is 0 Å². The van der Waals surface area contributed by atoms with Crippen molar-refractivity contribution in [3.05, 3.63) is 35.9 Å². The maximum Gasteiger partial charge on any atom is 0.220 e. The van der Waals surface area contributed by atoms with E-state index < -0.39 is 0 Å². The van der Waals surface area contributed by atoms with Crippen molar-refractivity contribution in [2.45, 2.75) is 51.5 Å². The van der Waals surface area contributed by atoms with Gasteiger partial charge >= 0.3 is 0 Å². The fourth-order valence-electron chi connectivity index (χ4n) is 3.03. The molecule has 0 saturated heterocycles. The summed E-state index contributed by atoms with van der Waals surface area (Å²) in [6, 6.07) is 9.94. The van der Waals surface area contributed by atoms with Crippen LogP contribution in [0.25, 0.3) is 0 Å². The minimum Gasteiger partial charge on any atom is -0.356 e. The van der Waals surface area contributed by atoms with Crippen LogP contribution in [-0.2, 0) is 4.79 Å². The number of hydrogen-bond donors (Lipinski definition) is 2. The molecule has 0 bridgehead atoms. The van der Waals surface area contributed by atoms with Gasteiger partial charge in [0.05, 0.1) is 0 Å². The molecule has 1 fully saturated rings. The van der Waals surface area contributed by atoms with E-state index in [-0.39, 0.29) is 11.9 Å². The van der Waals surface area contributed by atoms with Gasteiger partial charge in [-0.1, -0.05) is 50.1 Å². The summed E-state index contributed by atoms with van der Waals surface area (Å²) < 4.78 is 0. The van der Waals surface area contributed by atoms with Crippen molar-refractivity contribution < 1.29 is 4.79 Å². The molecule has 1 amide bonds. The number of nitrogens with one attached hydrogen (secondary N) is 1. The Morgan fingerprint density at radius 3 is 2.57 bits per heavy atom. The van der Waals surface area contributed by atoms with Crippen LogP contribution in [0.3, 0.4) is 0 Å². The Bertz CT molecular complexity index is 424. The van der Waals surface area contributed by atoms with Crippen molar-refractivity contribution in [2.75, 3.05) is 6.54 Å². The summed E-state index contributed by atoms with van der Waals surface area (Å²) in [5, 5.41) is 3.08. The lowest BCUT2D eigenvalue weighted by Gasteiger charge is -2.26. The van der Waals surface area contributed by atoms with Crippen LogP contribution in [0.15, 0.2) is 30.3 Å². The topological polar surface area (TPSA) is 55.1 Å². The molecule has 1 aliphatic carbocycles. The van der Waals surface area contributed by atoms with Crippen molar-refractivity contribution in [1.82, 2.24) is 5.32 Å². The molecule has 0 spiro atoms. The molecule has 1 atom stereocenters. The largest absolute Gasteiger partial charge is 0.356 e. The number of nitrogens with two attached hydrogens (primary N) is 1. The first-order valence-corrected chi connectivity index (χ1v) is 8.22. The highest BCUT2D eigenvalue weighted by Gasteiger charge is 2.18. The van der Waals surface area contributed by atoms with Crippen molar-refractivity contribution >= 4 is 5.91 Å². The van der Waals surface area contributed by atoms with Crippen molar-refractivity contribution in [3.8, 4) is 0 Å². The summed E-state index contributed by atoms with van der Waals surface area (Å²) >= 11 is 0. The van der Waals surface area contributed by atoms with Gasteiger partial charge in [-0.05, 0) is 36.7 Å². The Kier molecular flexibility index (Phi) is 6.24. The van der Waals surface area contributed by atoms with Gasteiger partial charge in [0.15, 0.2) is 0 Å². The predicted molar refractivity (Wildman–Crippen MR) is 86.7 cm³/mol. The van der Waals surface area contributed by atoms with Gasteiger partial charge < -0.3 is 11.1 Å². The zero-order valence-electron chi connectivity index (χ0n) is 13.1. The van der Waals surface area contributed by atoms with Gasteiger partial charge in [0, 0.05) is 19.0 Å². The molecule has 1 saturated carbocycles. The number of benzene rings is 1. The summed E-state index contributed by atoms with van der Waals surface area (Å²) in [5.41, 5.74) is 7.22. The molecule has 0 aliphatic heterocycles. The first-order chi connectivity index (χ1) is 10.1. The molecule has 3 N–H and O–H groups in total. The molecule has 0 radical (unpaired) electrons. The maximum absolute atomic E-state index is 11.9. The Morgan fingerprint density at radius 1 is 1.24 bits per heavy atom. The first kappa shape index (κ1) is 16.0. The molecule has 1 aromatic carbocycles. The average molecular weight is 288 g/mol. The lowest BCUT2D eigenvalue weighted by Crippen LogP contribution is -2.31. The van der Waals surface area contributed by atoms with Crippen LogP contribution in [0.5, 0.6) is 0 Å². The SMILES string of the molecule is CC1CCC(CNC(=O)CCC(N)c2ccccc2)CC1. The molecule has 1 unspecified atom stereocenters. The van der Waals surface area contributed by atoms with E-state index in [2.05, 4.69) is 12.2 Å². The Morgan fingerprint density at radius 2 is 1.90 bits per heavy atom. The van der Waals surface area contributed by atoms with E-state index in [0.29, 0.717) is 18.8 Å². The van der Waals surface area contributed by atoms with Crippen LogP contribution in [0.2, 0.25) is 0 Å². The highest BCUT2D eigenvalue weighted by atomic mass is 16.1. The molecular formula is C18H28N2O. The van der Waals surface area contributed by atoms with Gasteiger partial charge in [-0.3, -0.25) is 4.79 Å². The lowest BCUT2D eigenvalue weighted by atomic mass is 9.83. The fourth-order valence-corrected chi connectivity index (χ4v) is 3.03. The van der Waals surface area contributed by atoms with Crippen LogP contribution in [0.4, 0.5) is 0 Å². The van der Waals surface area contributed by atoms with Crippen LogP contribution in [0.1, 0.15) is 57.1 Å². The van der Waals surface area contributed by atoms with E-state index in [1.807, 2.05) is 30.3 Å². The maximum atomic E-state index is 11.9. The lowest BCUT2D eigenvalue weighted by molar-refractivity contribution is -0.121. The zero-order chi connectivity index (χ0) is 15.1. The van der Waals surface area contributed by atoms with Crippen molar-refractivity contribution in [3.63, 3.8) is 0 Å². The third-order valence-corrected chi connectivity index (χ3v) is 4.63. The molecule has 21 heavy (non-hydrogen) atoms. The summed E-state index contributed by atoms with van der Waals surface area (Å²) in [5.74, 6) is 1.67. The second-order valence-electron chi connectivity index (χ2n) is 6.49. The van der Waals surface area contributed by atoms with Gasteiger partial charge in [-0.25, -0.2) is 0 Å². The van der Waals surface area contributed by atoms with Gasteiger partial charge in [-0.15, -0.1) is 0 Å². The molecular weight excluding hydrogens is 260 g/mol. The Labute approximate surface area is 128 Å². The zero-order valence-corrected chi connectivity index (χ0v) is 13.1. The molecule has 2 rings (SSSR count). The Balaban J connectivity index is 1.63. The molecule has 3 nitrogen and oxygen atoms in total. The van der Waals surface area contributed by atoms with E-state index in [1.54, 1.807) is 0 Å². The van der Waals surface area contributed by atoms with E-state index in [1.165, 1.54) is 25.7 Å². The first-order valence-electron chi connectivity index (χ1n) is 8.22. The summed E-state index contributed by atoms with van der Waals surface area (Å²) in [7, 11) is 0. The van der Waals surface area contributed by atoms with Gasteiger partial charge in [0.25, 0.3) is 0 Å². The number of amides is 1. The van der Waals surface area contributed by atoms with E-state index in [4.69, 9.17) is 5.73 Å². The normalized spacial score (nSPS) is 23.5. The monoisotopic (exact) mass is 288 g/mol. The number of hydrogen-bond acceptors (Lipinski definition) is 2. The number of carbonyl (C=O) groups is 1. The summed E-state index contributed by atoms with van der Waals surface area (Å²) in [6.07, 6.45) is 6.34. The number of carbonyl (C=O) groups excluding carboxylic acids is 1. The Hall–Kier alpha value is -1.35. The smallest absolute Gasteiger partial charge is 0.220 e. The minimum absolute atomic E-state index is 0.0486. The molecule has 1 aromatic rings. The number of rotatable bonds is 6. The molecule has 116 valence electrons. The molecule has 0 heterocycles. The average Bonchev–Trinajstić information content (AvgIpc) is 2.53. The molecule has 0 aromatic heterocycles. The van der Waals surface area contributed by atoms with Crippen LogP contribution < -0.4 is 11.1 Å². The molecule has 1 aliphatic rings. The highest BCUT2D eigenvalue weighted by molar-refractivity contribution is 5.75. The standard InChI is InChI=1S/C18H28N2O/c1-14-7-9-15(10-8-14)13-20-18(21)12-11-17(19)16-5-3-2-4-6-16/h2-6,14-15,17H,7-13,19H2,1H3,(H,20,21). The minimum atomic E-state index is -0.0486. The summed E-state index contributed by atoms with van der Waals surface area (Å²) in [4.78, 5) is 11.9. The fraction of sp³-hybridized carbons (Fsp3) is 0.611. The molecule has 3 heteroatoms. The van der Waals surface area contributed by atoms with Crippen LogP contribution >= 0.6 is 0 Å². The second kappa shape index (κ2) is 8.18. The van der Waals surface area contributed by atoms with E-state index in [9.17, 15) is 4.79 Å². The van der Waals surface area contributed by atoms with E-state index >= 15 is 0 Å². The van der Waals surface area contributed by atoms with Crippen molar-refractivity contribution in [2.24, 2.45) is 17.6 Å². The van der Waals surface area contributed by atoms with Crippen LogP contribution in [0, 0.1) is 11.8 Å². The van der Waals surface area contributed by atoms with E-state index in [0.717, 1.165) is 18.0 Å². The van der Waals surface area contributed by atoms with Gasteiger partial charge in [0.2, 0.25) is 5.91 Å². The van der Waals surface area contributed by atoms with Gasteiger partial charge in [-0.2, -0.15) is 0 Å². The quantitative estimate of drug-likeness (QED) is 0.843. The predicted octanol–water partition coefficient (Wildman–Crippen LogP) is 3.41. The third kappa shape index (κ3) is 5.50. The third-order valence-electron chi connectivity index (χ3n) is 4.63.